The smallest absolute Gasteiger partial charge is 0.200 e. The van der Waals surface area contributed by atoms with Crippen LogP contribution < -0.4 is 0 Å². The monoisotopic (exact) mass is 323 g/mol. The molecule has 3 rings (SSSR count). The lowest BCUT2D eigenvalue weighted by atomic mass is 10.1. The normalized spacial score (nSPS) is 12.8. The first-order chi connectivity index (χ1) is 11.2. The highest BCUT2D eigenvalue weighted by Crippen LogP contribution is 2.25. The molecular weight excluding hydrogens is 306 g/mol. The Kier molecular flexibility index (Phi) is 4.12. The average molecular weight is 323 g/mol. The molecule has 0 aliphatic rings. The van der Waals surface area contributed by atoms with Crippen molar-refractivity contribution >= 4 is 28.6 Å². The van der Waals surface area contributed by atoms with Gasteiger partial charge in [0.2, 0.25) is 0 Å². The fraction of sp³-hybridized carbons (Fsp3) is 0.111. The number of benzene rings is 2. The molecule has 5 heteroatoms. The lowest BCUT2D eigenvalue weighted by Crippen LogP contribution is -2.02. The molecule has 0 spiro atoms. The van der Waals surface area contributed by atoms with Crippen molar-refractivity contribution in [1.29, 1.82) is 0 Å². The summed E-state index contributed by atoms with van der Waals surface area (Å²) in [5.74, 6) is 0.756. The van der Waals surface area contributed by atoms with Crippen LogP contribution >= 0.6 is 12.2 Å². The minimum absolute atomic E-state index is 0.170. The fourth-order valence-corrected chi connectivity index (χ4v) is 2.82. The van der Waals surface area contributed by atoms with Crippen LogP contribution in [0.1, 0.15) is 19.7 Å². The Bertz CT molecular complexity index is 979. The first-order valence-electron chi connectivity index (χ1n) is 7.34. The molecule has 4 nitrogen and oxygen atoms in total. The highest BCUT2D eigenvalue weighted by molar-refractivity contribution is 7.71. The third kappa shape index (κ3) is 2.71. The Hall–Kier alpha value is -2.66. The second kappa shape index (κ2) is 6.22. The van der Waals surface area contributed by atoms with Crippen molar-refractivity contribution in [1.82, 2.24) is 14.8 Å². The molecule has 0 saturated carbocycles. The summed E-state index contributed by atoms with van der Waals surface area (Å²) in [4.78, 5) is 0. The standard InChI is InChI=1S/C18H17N3OS/c1-3-15(16(22)4-2)17-19-20-18(23)21(17)14-10-9-12-7-5-6-8-13(12)11-14/h3-11,22H,1-2H3,(H,20,23)/b15-3+,16-4+. The Labute approximate surface area is 139 Å². The largest absolute Gasteiger partial charge is 0.508 e. The molecule has 2 aromatic carbocycles. The summed E-state index contributed by atoms with van der Waals surface area (Å²) in [5.41, 5.74) is 1.54. The number of aromatic nitrogens is 3. The number of aliphatic hydroxyl groups is 1. The van der Waals surface area contributed by atoms with Crippen molar-refractivity contribution in [2.24, 2.45) is 0 Å². The van der Waals surface area contributed by atoms with Crippen molar-refractivity contribution in [3.05, 3.63) is 71.0 Å². The van der Waals surface area contributed by atoms with E-state index in [1.807, 2.05) is 41.8 Å². The number of aromatic amines is 1. The van der Waals surface area contributed by atoms with E-state index in [1.54, 1.807) is 13.0 Å². The molecule has 0 aliphatic carbocycles. The highest BCUT2D eigenvalue weighted by Gasteiger charge is 2.15. The number of fused-ring (bicyclic) bond motifs is 1. The lowest BCUT2D eigenvalue weighted by molar-refractivity contribution is 0.435. The first kappa shape index (κ1) is 15.2. The number of nitrogens with zero attached hydrogens (tertiary/aromatic N) is 2. The predicted octanol–water partition coefficient (Wildman–Crippen LogP) is 4.95. The van der Waals surface area contributed by atoms with Gasteiger partial charge >= 0.3 is 0 Å². The van der Waals surface area contributed by atoms with Crippen molar-refractivity contribution < 1.29 is 5.11 Å². The predicted molar refractivity (Wildman–Crippen MR) is 96.3 cm³/mol. The highest BCUT2D eigenvalue weighted by atomic mass is 32.1. The minimum atomic E-state index is 0.170. The van der Waals surface area contributed by atoms with Gasteiger partial charge in [-0.1, -0.05) is 36.4 Å². The maximum absolute atomic E-state index is 10.1. The maximum Gasteiger partial charge on any atom is 0.200 e. The molecule has 0 saturated heterocycles. The van der Waals surface area contributed by atoms with Gasteiger partial charge in [-0.3, -0.25) is 9.67 Å². The van der Waals surface area contributed by atoms with E-state index >= 15 is 0 Å². The minimum Gasteiger partial charge on any atom is -0.508 e. The average Bonchev–Trinajstić information content (AvgIpc) is 2.96. The molecule has 3 aromatic rings. The molecule has 0 aliphatic heterocycles. The molecule has 23 heavy (non-hydrogen) atoms. The van der Waals surface area contributed by atoms with Gasteiger partial charge in [0, 0.05) is 0 Å². The fourth-order valence-electron chi connectivity index (χ4n) is 2.58. The molecule has 0 fully saturated rings. The van der Waals surface area contributed by atoms with Gasteiger partial charge in [-0.25, -0.2) is 0 Å². The van der Waals surface area contributed by atoms with Gasteiger partial charge < -0.3 is 5.11 Å². The van der Waals surface area contributed by atoms with Crippen LogP contribution in [0.4, 0.5) is 0 Å². The van der Waals surface area contributed by atoms with Gasteiger partial charge in [0.05, 0.1) is 11.3 Å². The molecule has 0 unspecified atom stereocenters. The Balaban J connectivity index is 2.23. The Morgan fingerprint density at radius 2 is 1.87 bits per heavy atom. The summed E-state index contributed by atoms with van der Waals surface area (Å²) in [6, 6.07) is 14.2. The summed E-state index contributed by atoms with van der Waals surface area (Å²) in [6.45, 7) is 3.64. The van der Waals surface area contributed by atoms with E-state index in [-0.39, 0.29) is 5.76 Å². The van der Waals surface area contributed by atoms with Crippen LogP contribution in [0, 0.1) is 4.77 Å². The van der Waals surface area contributed by atoms with Gasteiger partial charge in [0.1, 0.15) is 5.76 Å². The quantitative estimate of drug-likeness (QED) is 0.407. The van der Waals surface area contributed by atoms with Crippen LogP contribution in [0.2, 0.25) is 0 Å². The first-order valence-corrected chi connectivity index (χ1v) is 7.75. The molecule has 0 bridgehead atoms. The third-order valence-corrected chi connectivity index (χ3v) is 4.02. The number of rotatable bonds is 3. The summed E-state index contributed by atoms with van der Waals surface area (Å²) in [5, 5.41) is 19.5. The molecular formula is C18H17N3OS. The zero-order valence-electron chi connectivity index (χ0n) is 12.9. The van der Waals surface area contributed by atoms with E-state index in [4.69, 9.17) is 12.2 Å². The second-order valence-corrected chi connectivity index (χ2v) is 5.48. The van der Waals surface area contributed by atoms with Gasteiger partial charge in [0.15, 0.2) is 10.6 Å². The number of hydrogen-bond donors (Lipinski definition) is 2. The zero-order valence-corrected chi connectivity index (χ0v) is 13.8. The maximum atomic E-state index is 10.1. The second-order valence-electron chi connectivity index (χ2n) is 5.10. The molecule has 1 aromatic heterocycles. The SMILES string of the molecule is C/C=C(\C(O)=C/C)c1n[nH]c(=S)n1-c1ccc2ccccc2c1. The Morgan fingerprint density at radius 3 is 2.57 bits per heavy atom. The van der Waals surface area contributed by atoms with Crippen LogP contribution in [0.5, 0.6) is 0 Å². The van der Waals surface area contributed by atoms with Gasteiger partial charge in [-0.15, -0.1) is 0 Å². The van der Waals surface area contributed by atoms with Gasteiger partial charge in [-0.05, 0) is 55.0 Å². The topological polar surface area (TPSA) is 53.8 Å². The van der Waals surface area contributed by atoms with E-state index in [0.717, 1.165) is 16.5 Å². The Morgan fingerprint density at radius 1 is 1.13 bits per heavy atom. The van der Waals surface area contributed by atoms with Crippen LogP contribution in [0.25, 0.3) is 22.0 Å². The van der Waals surface area contributed by atoms with Crippen LogP contribution in [0.15, 0.2) is 60.4 Å². The lowest BCUT2D eigenvalue weighted by Gasteiger charge is -2.10. The number of allylic oxidation sites excluding steroid dienone is 3. The van der Waals surface area contributed by atoms with Crippen LogP contribution in [0.3, 0.4) is 0 Å². The number of aliphatic hydroxyl groups excluding tert-OH is 1. The molecule has 0 atom stereocenters. The van der Waals surface area contributed by atoms with Crippen molar-refractivity contribution in [2.45, 2.75) is 13.8 Å². The van der Waals surface area contributed by atoms with Crippen LogP contribution in [-0.2, 0) is 0 Å². The van der Waals surface area contributed by atoms with Gasteiger partial charge in [0.25, 0.3) is 0 Å². The summed E-state index contributed by atoms with van der Waals surface area (Å²) < 4.78 is 2.31. The van der Waals surface area contributed by atoms with E-state index in [0.29, 0.717) is 16.2 Å². The summed E-state index contributed by atoms with van der Waals surface area (Å²) >= 11 is 5.38. The molecule has 1 heterocycles. The number of H-pyrrole nitrogens is 1. The van der Waals surface area contributed by atoms with Crippen molar-refractivity contribution in [3.8, 4) is 5.69 Å². The summed E-state index contributed by atoms with van der Waals surface area (Å²) in [6.07, 6.45) is 3.45. The van der Waals surface area contributed by atoms with Crippen molar-refractivity contribution in [3.63, 3.8) is 0 Å². The number of hydrogen-bond acceptors (Lipinski definition) is 3. The van der Waals surface area contributed by atoms with Gasteiger partial charge in [-0.2, -0.15) is 5.10 Å². The van der Waals surface area contributed by atoms with Crippen molar-refractivity contribution in [2.75, 3.05) is 0 Å². The summed E-state index contributed by atoms with van der Waals surface area (Å²) in [7, 11) is 0. The van der Waals surface area contributed by atoms with Crippen LogP contribution in [-0.4, -0.2) is 19.9 Å². The van der Waals surface area contributed by atoms with E-state index in [9.17, 15) is 5.11 Å². The number of nitrogens with one attached hydrogen (secondary N) is 1. The van der Waals surface area contributed by atoms with E-state index in [1.165, 1.54) is 0 Å². The third-order valence-electron chi connectivity index (χ3n) is 3.74. The molecule has 116 valence electrons. The van der Waals surface area contributed by atoms with E-state index in [2.05, 4.69) is 28.4 Å². The zero-order chi connectivity index (χ0) is 16.4. The molecule has 0 amide bonds. The molecule has 2 N–H and O–H groups in total. The van der Waals surface area contributed by atoms with E-state index < -0.39 is 0 Å². The molecule has 0 radical (unpaired) electrons.